The predicted octanol–water partition coefficient (Wildman–Crippen LogP) is 1.26. The summed E-state index contributed by atoms with van der Waals surface area (Å²) in [5.41, 5.74) is 3.75. The molecule has 100 valence electrons. The van der Waals surface area contributed by atoms with E-state index in [0.717, 1.165) is 17.8 Å². The molecule has 5 nitrogen and oxygen atoms in total. The molecule has 0 atom stereocenters. The van der Waals surface area contributed by atoms with Gasteiger partial charge in [-0.3, -0.25) is 4.79 Å². The number of rotatable bonds is 4. The predicted molar refractivity (Wildman–Crippen MR) is 74.5 cm³/mol. The van der Waals surface area contributed by atoms with E-state index in [0.29, 0.717) is 5.69 Å². The van der Waals surface area contributed by atoms with Gasteiger partial charge in [0.2, 0.25) is 0 Å². The first-order valence-corrected chi connectivity index (χ1v) is 6.18. The number of amides is 1. The number of carbonyl (C=O) groups excluding carboxylic acids is 1. The van der Waals surface area contributed by atoms with Gasteiger partial charge in [-0.2, -0.15) is 5.10 Å². The molecule has 0 radical (unpaired) electrons. The van der Waals surface area contributed by atoms with Crippen molar-refractivity contribution in [3.8, 4) is 5.69 Å². The Balaban J connectivity index is 2.40. The molecule has 0 aliphatic heterocycles. The molecule has 19 heavy (non-hydrogen) atoms. The van der Waals surface area contributed by atoms with E-state index in [1.54, 1.807) is 24.0 Å². The molecule has 0 unspecified atom stereocenters. The van der Waals surface area contributed by atoms with Gasteiger partial charge in [-0.25, -0.2) is 4.68 Å². The molecule has 0 aliphatic rings. The lowest BCUT2D eigenvalue weighted by Crippen LogP contribution is -2.18. The topological polar surface area (TPSA) is 59.0 Å². The zero-order valence-corrected chi connectivity index (χ0v) is 11.4. The summed E-state index contributed by atoms with van der Waals surface area (Å²) in [7, 11) is 3.50. The van der Waals surface area contributed by atoms with Crippen LogP contribution in [0, 0.1) is 6.92 Å². The number of hydrogen-bond donors (Lipinski definition) is 2. The van der Waals surface area contributed by atoms with Crippen LogP contribution in [0.4, 0.5) is 0 Å². The van der Waals surface area contributed by atoms with Crippen molar-refractivity contribution >= 4 is 5.91 Å². The lowest BCUT2D eigenvalue weighted by Gasteiger charge is -2.10. The number of aromatic nitrogens is 2. The van der Waals surface area contributed by atoms with E-state index in [1.165, 1.54) is 5.56 Å². The SMILES string of the molecule is CNCc1cc(C)ccc1-n1ccc(C(=O)NC)n1. The molecule has 0 saturated carbocycles. The molecule has 0 fully saturated rings. The van der Waals surface area contributed by atoms with Crippen LogP contribution in [0.2, 0.25) is 0 Å². The molecule has 2 rings (SSSR count). The van der Waals surface area contributed by atoms with Crippen LogP contribution < -0.4 is 10.6 Å². The van der Waals surface area contributed by atoms with Gasteiger partial charge in [0.25, 0.3) is 5.91 Å². The molecule has 0 aliphatic carbocycles. The Hall–Kier alpha value is -2.14. The number of carbonyl (C=O) groups is 1. The molecule has 5 heteroatoms. The minimum Gasteiger partial charge on any atom is -0.354 e. The van der Waals surface area contributed by atoms with Crippen LogP contribution in [0.3, 0.4) is 0 Å². The Labute approximate surface area is 112 Å². The second-order valence-corrected chi connectivity index (χ2v) is 4.39. The average molecular weight is 258 g/mol. The summed E-state index contributed by atoms with van der Waals surface area (Å²) in [5.74, 6) is -0.180. The minimum absolute atomic E-state index is 0.180. The molecule has 0 bridgehead atoms. The van der Waals surface area contributed by atoms with Crippen molar-refractivity contribution in [1.29, 1.82) is 0 Å². The fourth-order valence-electron chi connectivity index (χ4n) is 1.98. The van der Waals surface area contributed by atoms with Gasteiger partial charge >= 0.3 is 0 Å². The molecule has 1 aromatic heterocycles. The van der Waals surface area contributed by atoms with Gasteiger partial charge in [0, 0.05) is 19.8 Å². The van der Waals surface area contributed by atoms with Gasteiger partial charge in [-0.1, -0.05) is 17.7 Å². The Kier molecular flexibility index (Phi) is 3.97. The lowest BCUT2D eigenvalue weighted by molar-refractivity contribution is 0.0957. The first-order valence-electron chi connectivity index (χ1n) is 6.18. The van der Waals surface area contributed by atoms with Gasteiger partial charge in [-0.15, -0.1) is 0 Å². The monoisotopic (exact) mass is 258 g/mol. The summed E-state index contributed by atoms with van der Waals surface area (Å²) in [4.78, 5) is 11.5. The summed E-state index contributed by atoms with van der Waals surface area (Å²) in [5, 5.41) is 10.0. The van der Waals surface area contributed by atoms with E-state index >= 15 is 0 Å². The Morgan fingerprint density at radius 2 is 2.11 bits per heavy atom. The molecule has 1 amide bonds. The zero-order chi connectivity index (χ0) is 13.8. The van der Waals surface area contributed by atoms with Crippen LogP contribution in [0.1, 0.15) is 21.6 Å². The van der Waals surface area contributed by atoms with Crippen molar-refractivity contribution < 1.29 is 4.79 Å². The molecule has 2 aromatic rings. The summed E-state index contributed by atoms with van der Waals surface area (Å²) >= 11 is 0. The smallest absolute Gasteiger partial charge is 0.271 e. The molecule has 1 aromatic carbocycles. The quantitative estimate of drug-likeness (QED) is 0.868. The summed E-state index contributed by atoms with van der Waals surface area (Å²) in [6, 6.07) is 7.88. The van der Waals surface area contributed by atoms with E-state index in [4.69, 9.17) is 0 Å². The molecular formula is C14H18N4O. The third-order valence-electron chi connectivity index (χ3n) is 2.90. The van der Waals surface area contributed by atoms with E-state index < -0.39 is 0 Å². The first kappa shape index (κ1) is 13.3. The number of benzene rings is 1. The number of hydrogen-bond acceptors (Lipinski definition) is 3. The van der Waals surface area contributed by atoms with Crippen LogP contribution in [0.25, 0.3) is 5.69 Å². The van der Waals surface area contributed by atoms with Gasteiger partial charge in [0.15, 0.2) is 5.69 Å². The first-order chi connectivity index (χ1) is 9.15. The van der Waals surface area contributed by atoms with Crippen molar-refractivity contribution in [2.45, 2.75) is 13.5 Å². The average Bonchev–Trinajstić information content (AvgIpc) is 2.88. The normalized spacial score (nSPS) is 10.5. The van der Waals surface area contributed by atoms with Crippen molar-refractivity contribution in [3.63, 3.8) is 0 Å². The van der Waals surface area contributed by atoms with E-state index in [1.807, 2.05) is 19.2 Å². The van der Waals surface area contributed by atoms with Gasteiger partial charge < -0.3 is 10.6 Å². The van der Waals surface area contributed by atoms with Crippen LogP contribution >= 0.6 is 0 Å². The molecular weight excluding hydrogens is 240 g/mol. The van der Waals surface area contributed by atoms with E-state index in [9.17, 15) is 4.79 Å². The van der Waals surface area contributed by atoms with Crippen LogP contribution in [0.5, 0.6) is 0 Å². The lowest BCUT2D eigenvalue weighted by atomic mass is 10.1. The van der Waals surface area contributed by atoms with Crippen LogP contribution in [-0.4, -0.2) is 29.8 Å². The third kappa shape index (κ3) is 2.82. The van der Waals surface area contributed by atoms with E-state index in [-0.39, 0.29) is 5.91 Å². The highest BCUT2D eigenvalue weighted by Crippen LogP contribution is 2.16. The Morgan fingerprint density at radius 3 is 2.79 bits per heavy atom. The van der Waals surface area contributed by atoms with Crippen LogP contribution in [-0.2, 0) is 6.54 Å². The molecule has 0 spiro atoms. The Bertz CT molecular complexity index is 589. The maximum Gasteiger partial charge on any atom is 0.271 e. The molecule has 2 N–H and O–H groups in total. The van der Waals surface area contributed by atoms with Gasteiger partial charge in [0.1, 0.15) is 0 Å². The number of aryl methyl sites for hydroxylation is 1. The van der Waals surface area contributed by atoms with Crippen molar-refractivity contribution in [3.05, 3.63) is 47.3 Å². The highest BCUT2D eigenvalue weighted by molar-refractivity contribution is 5.91. The van der Waals surface area contributed by atoms with Crippen molar-refractivity contribution in [2.75, 3.05) is 14.1 Å². The minimum atomic E-state index is -0.180. The second kappa shape index (κ2) is 5.67. The van der Waals surface area contributed by atoms with Crippen molar-refractivity contribution in [2.24, 2.45) is 0 Å². The fourth-order valence-corrected chi connectivity index (χ4v) is 1.98. The third-order valence-corrected chi connectivity index (χ3v) is 2.90. The Morgan fingerprint density at radius 1 is 1.32 bits per heavy atom. The molecule has 0 saturated heterocycles. The number of nitrogens with zero attached hydrogens (tertiary/aromatic N) is 2. The maximum absolute atomic E-state index is 11.5. The summed E-state index contributed by atoms with van der Waals surface area (Å²) in [6.45, 7) is 2.81. The largest absolute Gasteiger partial charge is 0.354 e. The van der Waals surface area contributed by atoms with Crippen molar-refractivity contribution in [1.82, 2.24) is 20.4 Å². The molecule has 1 heterocycles. The summed E-state index contributed by atoms with van der Waals surface area (Å²) in [6.07, 6.45) is 1.80. The van der Waals surface area contributed by atoms with E-state index in [2.05, 4.69) is 28.7 Å². The van der Waals surface area contributed by atoms with Gasteiger partial charge in [-0.05, 0) is 31.7 Å². The van der Waals surface area contributed by atoms with Crippen LogP contribution in [0.15, 0.2) is 30.5 Å². The second-order valence-electron chi connectivity index (χ2n) is 4.39. The highest BCUT2D eigenvalue weighted by Gasteiger charge is 2.10. The maximum atomic E-state index is 11.5. The number of nitrogens with one attached hydrogen (secondary N) is 2. The zero-order valence-electron chi connectivity index (χ0n) is 11.4. The highest BCUT2D eigenvalue weighted by atomic mass is 16.1. The van der Waals surface area contributed by atoms with Gasteiger partial charge in [0.05, 0.1) is 5.69 Å². The fraction of sp³-hybridized carbons (Fsp3) is 0.286. The summed E-state index contributed by atoms with van der Waals surface area (Å²) < 4.78 is 1.73. The standard InChI is InChI=1S/C14H18N4O/c1-10-4-5-13(11(8-10)9-15-2)18-7-6-12(17-18)14(19)16-3/h4-8,15H,9H2,1-3H3,(H,16,19).